The van der Waals surface area contributed by atoms with Gasteiger partial charge in [-0.3, -0.25) is 4.98 Å². The van der Waals surface area contributed by atoms with Crippen molar-refractivity contribution in [1.82, 2.24) is 4.98 Å². The SMILES string of the molecule is Fc1ccc(-c2cncc(CCCC3CC3)c2)cc1. The molecule has 19 heavy (non-hydrogen) atoms. The predicted molar refractivity (Wildman–Crippen MR) is 75.3 cm³/mol. The fourth-order valence-corrected chi connectivity index (χ4v) is 2.43. The number of pyridine rings is 1. The van der Waals surface area contributed by atoms with Crippen LogP contribution in [0, 0.1) is 11.7 Å². The van der Waals surface area contributed by atoms with Gasteiger partial charge >= 0.3 is 0 Å². The maximum absolute atomic E-state index is 12.9. The lowest BCUT2D eigenvalue weighted by Crippen LogP contribution is -1.90. The maximum atomic E-state index is 12.9. The monoisotopic (exact) mass is 255 g/mol. The van der Waals surface area contributed by atoms with E-state index in [1.807, 2.05) is 12.4 Å². The summed E-state index contributed by atoms with van der Waals surface area (Å²) in [4.78, 5) is 4.30. The van der Waals surface area contributed by atoms with Crippen LogP contribution in [-0.4, -0.2) is 4.98 Å². The number of aromatic nitrogens is 1. The molecule has 0 radical (unpaired) electrons. The first-order valence-electron chi connectivity index (χ1n) is 7.01. The van der Waals surface area contributed by atoms with Gasteiger partial charge in [0.25, 0.3) is 0 Å². The molecule has 1 nitrogen and oxygen atoms in total. The van der Waals surface area contributed by atoms with E-state index in [1.165, 1.54) is 43.4 Å². The number of aryl methyl sites for hydroxylation is 1. The molecule has 3 rings (SSSR count). The first kappa shape index (κ1) is 12.3. The number of benzene rings is 1. The largest absolute Gasteiger partial charge is 0.264 e. The van der Waals surface area contributed by atoms with Crippen LogP contribution in [0.4, 0.5) is 4.39 Å². The summed E-state index contributed by atoms with van der Waals surface area (Å²) in [6, 6.07) is 8.78. The van der Waals surface area contributed by atoms with Crippen LogP contribution >= 0.6 is 0 Å². The van der Waals surface area contributed by atoms with Gasteiger partial charge in [-0.15, -0.1) is 0 Å². The minimum absolute atomic E-state index is 0.197. The van der Waals surface area contributed by atoms with Crippen molar-refractivity contribution in [2.45, 2.75) is 32.1 Å². The molecule has 1 saturated carbocycles. The Kier molecular flexibility index (Phi) is 3.58. The number of rotatable bonds is 5. The van der Waals surface area contributed by atoms with Crippen LogP contribution in [0.25, 0.3) is 11.1 Å². The van der Waals surface area contributed by atoms with Crippen molar-refractivity contribution in [3.63, 3.8) is 0 Å². The van der Waals surface area contributed by atoms with E-state index in [0.29, 0.717) is 0 Å². The zero-order chi connectivity index (χ0) is 13.1. The molecule has 1 fully saturated rings. The molecular weight excluding hydrogens is 237 g/mol. The normalized spacial score (nSPS) is 14.6. The highest BCUT2D eigenvalue weighted by atomic mass is 19.1. The topological polar surface area (TPSA) is 12.9 Å². The van der Waals surface area contributed by atoms with E-state index in [4.69, 9.17) is 0 Å². The minimum atomic E-state index is -0.197. The Hall–Kier alpha value is -1.70. The summed E-state index contributed by atoms with van der Waals surface area (Å²) < 4.78 is 12.9. The molecule has 0 atom stereocenters. The Bertz CT molecular complexity index is 543. The standard InChI is InChI=1S/C17H18FN/c18-17-8-6-15(7-9-17)16-10-14(11-19-12-16)3-1-2-13-4-5-13/h6-13H,1-5H2. The Morgan fingerprint density at radius 1 is 1.05 bits per heavy atom. The molecule has 2 heteroatoms. The number of hydrogen-bond donors (Lipinski definition) is 0. The van der Waals surface area contributed by atoms with Crippen molar-refractivity contribution in [1.29, 1.82) is 0 Å². The molecule has 0 N–H and O–H groups in total. The van der Waals surface area contributed by atoms with Crippen molar-refractivity contribution in [2.75, 3.05) is 0 Å². The highest BCUT2D eigenvalue weighted by Gasteiger charge is 2.20. The van der Waals surface area contributed by atoms with Crippen LogP contribution in [0.15, 0.2) is 42.7 Å². The van der Waals surface area contributed by atoms with Crippen LogP contribution in [-0.2, 0) is 6.42 Å². The van der Waals surface area contributed by atoms with Gasteiger partial charge in [0.1, 0.15) is 5.82 Å². The summed E-state index contributed by atoms with van der Waals surface area (Å²) in [6.07, 6.45) is 10.3. The molecule has 0 aliphatic heterocycles. The third-order valence-corrected chi connectivity index (χ3v) is 3.75. The van der Waals surface area contributed by atoms with Crippen molar-refractivity contribution < 1.29 is 4.39 Å². The first-order valence-corrected chi connectivity index (χ1v) is 7.01. The van der Waals surface area contributed by atoms with Gasteiger partial charge in [0.2, 0.25) is 0 Å². The van der Waals surface area contributed by atoms with E-state index in [1.54, 1.807) is 12.1 Å². The van der Waals surface area contributed by atoms with Crippen LogP contribution < -0.4 is 0 Å². The fraction of sp³-hybridized carbons (Fsp3) is 0.353. The minimum Gasteiger partial charge on any atom is -0.264 e. The average molecular weight is 255 g/mol. The smallest absolute Gasteiger partial charge is 0.123 e. The van der Waals surface area contributed by atoms with E-state index >= 15 is 0 Å². The second kappa shape index (κ2) is 5.52. The molecule has 1 aromatic heterocycles. The lowest BCUT2D eigenvalue weighted by atomic mass is 10.0. The van der Waals surface area contributed by atoms with E-state index in [-0.39, 0.29) is 5.82 Å². The van der Waals surface area contributed by atoms with Gasteiger partial charge in [0, 0.05) is 18.0 Å². The molecule has 1 aliphatic rings. The lowest BCUT2D eigenvalue weighted by Gasteiger charge is -2.05. The highest BCUT2D eigenvalue weighted by molar-refractivity contribution is 5.62. The number of halogens is 1. The second-order valence-electron chi connectivity index (χ2n) is 5.42. The third-order valence-electron chi connectivity index (χ3n) is 3.75. The summed E-state index contributed by atoms with van der Waals surface area (Å²) in [5, 5.41) is 0. The average Bonchev–Trinajstić information content (AvgIpc) is 3.24. The molecule has 1 aliphatic carbocycles. The molecule has 0 spiro atoms. The molecule has 98 valence electrons. The lowest BCUT2D eigenvalue weighted by molar-refractivity contribution is 0.628. The van der Waals surface area contributed by atoms with Crippen LogP contribution in [0.2, 0.25) is 0 Å². The van der Waals surface area contributed by atoms with E-state index in [9.17, 15) is 4.39 Å². The van der Waals surface area contributed by atoms with Gasteiger partial charge in [-0.05, 0) is 48.1 Å². The summed E-state index contributed by atoms with van der Waals surface area (Å²) in [5.41, 5.74) is 3.38. The molecule has 1 heterocycles. The Labute approximate surface area is 113 Å². The zero-order valence-corrected chi connectivity index (χ0v) is 11.0. The summed E-state index contributed by atoms with van der Waals surface area (Å²) in [6.45, 7) is 0. The van der Waals surface area contributed by atoms with Gasteiger partial charge in [0.15, 0.2) is 0 Å². The molecule has 2 aromatic rings. The van der Waals surface area contributed by atoms with E-state index < -0.39 is 0 Å². The van der Waals surface area contributed by atoms with Gasteiger partial charge in [-0.25, -0.2) is 4.39 Å². The Morgan fingerprint density at radius 2 is 1.84 bits per heavy atom. The quantitative estimate of drug-likeness (QED) is 0.759. The molecular formula is C17H18FN. The van der Waals surface area contributed by atoms with Gasteiger partial charge in [-0.1, -0.05) is 31.4 Å². The van der Waals surface area contributed by atoms with Crippen molar-refractivity contribution in [2.24, 2.45) is 5.92 Å². The predicted octanol–water partition coefficient (Wildman–Crippen LogP) is 4.62. The molecule has 1 aromatic carbocycles. The second-order valence-corrected chi connectivity index (χ2v) is 5.42. The number of hydrogen-bond acceptors (Lipinski definition) is 1. The number of nitrogens with zero attached hydrogens (tertiary/aromatic N) is 1. The van der Waals surface area contributed by atoms with E-state index in [0.717, 1.165) is 23.5 Å². The van der Waals surface area contributed by atoms with Crippen LogP contribution in [0.1, 0.15) is 31.2 Å². The zero-order valence-electron chi connectivity index (χ0n) is 11.0. The highest BCUT2D eigenvalue weighted by Crippen LogP contribution is 2.34. The van der Waals surface area contributed by atoms with Crippen LogP contribution in [0.5, 0.6) is 0 Å². The summed E-state index contributed by atoms with van der Waals surface area (Å²) in [7, 11) is 0. The Morgan fingerprint density at radius 3 is 2.58 bits per heavy atom. The molecule has 0 bridgehead atoms. The maximum Gasteiger partial charge on any atom is 0.123 e. The van der Waals surface area contributed by atoms with Crippen molar-refractivity contribution >= 4 is 0 Å². The fourth-order valence-electron chi connectivity index (χ4n) is 2.43. The van der Waals surface area contributed by atoms with Gasteiger partial charge in [0.05, 0.1) is 0 Å². The summed E-state index contributed by atoms with van der Waals surface area (Å²) in [5.74, 6) is 0.797. The van der Waals surface area contributed by atoms with Gasteiger partial charge < -0.3 is 0 Å². The van der Waals surface area contributed by atoms with Crippen molar-refractivity contribution in [3.05, 3.63) is 54.1 Å². The van der Waals surface area contributed by atoms with Crippen molar-refractivity contribution in [3.8, 4) is 11.1 Å². The first-order chi connectivity index (χ1) is 9.31. The third kappa shape index (κ3) is 3.40. The van der Waals surface area contributed by atoms with E-state index in [2.05, 4.69) is 11.1 Å². The van der Waals surface area contributed by atoms with Gasteiger partial charge in [-0.2, -0.15) is 0 Å². The molecule has 0 unspecified atom stereocenters. The molecule has 0 amide bonds. The van der Waals surface area contributed by atoms with Crippen LogP contribution in [0.3, 0.4) is 0 Å². The summed E-state index contributed by atoms with van der Waals surface area (Å²) >= 11 is 0. The molecule has 0 saturated heterocycles. The Balaban J connectivity index is 1.69.